The smallest absolute Gasteiger partial charge is 0.0991 e. The summed E-state index contributed by atoms with van der Waals surface area (Å²) in [6, 6.07) is 51.6. The molecule has 0 amide bonds. The molecular formula is C50H42N4. The number of anilines is 6. The Bertz CT molecular complexity index is 2570. The van der Waals surface area contributed by atoms with Crippen molar-refractivity contribution in [3.63, 3.8) is 0 Å². The first-order chi connectivity index (χ1) is 26.2. The number of aryl methyl sites for hydroxylation is 2. The molecule has 8 rings (SSSR count). The highest BCUT2D eigenvalue weighted by Gasteiger charge is 2.26. The molecule has 4 nitrogen and oxygen atoms in total. The SMILES string of the molecule is Cc1ccccc1N(c1ccc(C#N)cc1)c1cc(C(C)C)c2ccc3c(N(c4ccc(C#N)cc4)c4ccccc4C)cc(C(C)C)c4ccc1c2c43. The summed E-state index contributed by atoms with van der Waals surface area (Å²) < 4.78 is 0. The molecule has 54 heavy (non-hydrogen) atoms. The predicted molar refractivity (Wildman–Crippen MR) is 227 cm³/mol. The number of hydrogen-bond donors (Lipinski definition) is 0. The Morgan fingerprint density at radius 3 is 1.11 bits per heavy atom. The van der Waals surface area contributed by atoms with Crippen molar-refractivity contribution in [1.29, 1.82) is 10.5 Å². The van der Waals surface area contributed by atoms with Crippen LogP contribution >= 0.6 is 0 Å². The summed E-state index contributed by atoms with van der Waals surface area (Å²) in [5.74, 6) is 0.526. The number of rotatable bonds is 8. The third-order valence-electron chi connectivity index (χ3n) is 10.9. The van der Waals surface area contributed by atoms with E-state index in [4.69, 9.17) is 0 Å². The normalized spacial score (nSPS) is 11.4. The van der Waals surface area contributed by atoms with Gasteiger partial charge in [0.2, 0.25) is 0 Å². The Labute approximate surface area is 318 Å². The van der Waals surface area contributed by atoms with E-state index in [0.29, 0.717) is 11.1 Å². The topological polar surface area (TPSA) is 54.1 Å². The lowest BCUT2D eigenvalue weighted by Gasteiger charge is -2.32. The molecule has 0 radical (unpaired) electrons. The number of benzene rings is 8. The monoisotopic (exact) mass is 698 g/mol. The van der Waals surface area contributed by atoms with Crippen LogP contribution in [0.3, 0.4) is 0 Å². The van der Waals surface area contributed by atoms with E-state index in [1.165, 1.54) is 54.6 Å². The van der Waals surface area contributed by atoms with Gasteiger partial charge in [-0.25, -0.2) is 0 Å². The Morgan fingerprint density at radius 1 is 0.426 bits per heavy atom. The first kappa shape index (κ1) is 34.5. The zero-order chi connectivity index (χ0) is 37.7. The van der Waals surface area contributed by atoms with E-state index in [1.807, 2.05) is 24.3 Å². The molecule has 8 aromatic rings. The fraction of sp³-hybridized carbons (Fsp3) is 0.160. The van der Waals surface area contributed by atoms with Crippen LogP contribution in [0.25, 0.3) is 32.3 Å². The molecule has 4 heteroatoms. The average Bonchev–Trinajstić information content (AvgIpc) is 3.19. The summed E-state index contributed by atoms with van der Waals surface area (Å²) in [6.45, 7) is 13.5. The number of para-hydroxylation sites is 2. The number of nitriles is 2. The molecule has 0 saturated heterocycles. The van der Waals surface area contributed by atoms with Crippen LogP contribution in [0.5, 0.6) is 0 Å². The van der Waals surface area contributed by atoms with Crippen LogP contribution in [0.4, 0.5) is 34.1 Å². The lowest BCUT2D eigenvalue weighted by atomic mass is 9.84. The summed E-state index contributed by atoms with van der Waals surface area (Å²) in [6.07, 6.45) is 0. The first-order valence-corrected chi connectivity index (χ1v) is 18.7. The molecule has 0 fully saturated rings. The minimum absolute atomic E-state index is 0.263. The van der Waals surface area contributed by atoms with Crippen molar-refractivity contribution >= 4 is 66.4 Å². The van der Waals surface area contributed by atoms with E-state index in [9.17, 15) is 10.5 Å². The summed E-state index contributed by atoms with van der Waals surface area (Å²) in [4.78, 5) is 4.74. The zero-order valence-electron chi connectivity index (χ0n) is 31.6. The van der Waals surface area contributed by atoms with Crippen LogP contribution in [-0.4, -0.2) is 0 Å². The standard InChI is InChI=1S/C50H42N4/c1-31(2)43-27-47(53(45-13-9-7-11-33(45)5)37-19-15-35(29-51)16-20-37)41-26-24-40-44(32(3)4)28-48(42-25-23-39(43)49(41)50(40)42)54(46-14-10-8-12-34(46)6)38-21-17-36(30-52)18-22-38/h7-28,31-32H,1-6H3. The highest BCUT2D eigenvalue weighted by Crippen LogP contribution is 2.51. The highest BCUT2D eigenvalue weighted by molar-refractivity contribution is 6.29. The van der Waals surface area contributed by atoms with Crippen molar-refractivity contribution in [1.82, 2.24) is 0 Å². The van der Waals surface area contributed by atoms with Crippen LogP contribution in [0.15, 0.2) is 133 Å². The highest BCUT2D eigenvalue weighted by atomic mass is 15.2. The quantitative estimate of drug-likeness (QED) is 0.148. The van der Waals surface area contributed by atoms with Crippen LogP contribution < -0.4 is 9.80 Å². The van der Waals surface area contributed by atoms with E-state index in [1.54, 1.807) is 0 Å². The lowest BCUT2D eigenvalue weighted by Crippen LogP contribution is -2.14. The largest absolute Gasteiger partial charge is 0.310 e. The van der Waals surface area contributed by atoms with Gasteiger partial charge in [-0.15, -0.1) is 0 Å². The van der Waals surface area contributed by atoms with E-state index in [2.05, 4.69) is 173 Å². The molecular weight excluding hydrogens is 657 g/mol. The van der Waals surface area contributed by atoms with Crippen LogP contribution in [0, 0.1) is 36.5 Å². The Hall–Kier alpha value is -6.62. The van der Waals surface area contributed by atoms with Gasteiger partial charge in [0.15, 0.2) is 0 Å². The first-order valence-electron chi connectivity index (χ1n) is 18.7. The Kier molecular flexibility index (Phi) is 8.77. The van der Waals surface area contributed by atoms with Crippen molar-refractivity contribution < 1.29 is 0 Å². The van der Waals surface area contributed by atoms with Crippen LogP contribution in [0.2, 0.25) is 0 Å². The van der Waals surface area contributed by atoms with Gasteiger partial charge in [0.1, 0.15) is 0 Å². The summed E-state index contributed by atoms with van der Waals surface area (Å²) in [5.41, 5.74) is 12.6. The molecule has 0 heterocycles. The van der Waals surface area contributed by atoms with Crippen LogP contribution in [0.1, 0.15) is 72.9 Å². The maximum absolute atomic E-state index is 9.67. The van der Waals surface area contributed by atoms with Gasteiger partial charge in [-0.3, -0.25) is 0 Å². The maximum atomic E-state index is 9.67. The lowest BCUT2D eigenvalue weighted by molar-refractivity contribution is 0.875. The summed E-state index contributed by atoms with van der Waals surface area (Å²) >= 11 is 0. The van der Waals surface area contributed by atoms with Gasteiger partial charge in [-0.05, 0) is 142 Å². The number of nitrogens with zero attached hydrogens (tertiary/aromatic N) is 4. The molecule has 262 valence electrons. The molecule has 0 bridgehead atoms. The van der Waals surface area contributed by atoms with Crippen molar-refractivity contribution in [2.24, 2.45) is 0 Å². The fourth-order valence-electron chi connectivity index (χ4n) is 8.15. The van der Waals surface area contributed by atoms with Crippen molar-refractivity contribution in [3.8, 4) is 12.1 Å². The van der Waals surface area contributed by atoms with Gasteiger partial charge in [0, 0.05) is 33.5 Å². The molecule has 0 spiro atoms. The van der Waals surface area contributed by atoms with Crippen molar-refractivity contribution in [2.45, 2.75) is 53.4 Å². The van der Waals surface area contributed by atoms with Gasteiger partial charge in [0.05, 0.1) is 34.6 Å². The fourth-order valence-corrected chi connectivity index (χ4v) is 8.15. The van der Waals surface area contributed by atoms with Crippen LogP contribution in [-0.2, 0) is 0 Å². The second kappa shape index (κ2) is 13.7. The third-order valence-corrected chi connectivity index (χ3v) is 10.9. The van der Waals surface area contributed by atoms with Crippen molar-refractivity contribution in [2.75, 3.05) is 9.80 Å². The second-order valence-corrected chi connectivity index (χ2v) is 14.9. The molecule has 8 aromatic carbocycles. The van der Waals surface area contributed by atoms with Crippen molar-refractivity contribution in [3.05, 3.63) is 167 Å². The van der Waals surface area contributed by atoms with Gasteiger partial charge < -0.3 is 9.80 Å². The van der Waals surface area contributed by atoms with Gasteiger partial charge >= 0.3 is 0 Å². The molecule has 0 aliphatic rings. The average molecular weight is 699 g/mol. The minimum Gasteiger partial charge on any atom is -0.310 e. The molecule has 0 atom stereocenters. The summed E-state index contributed by atoms with van der Waals surface area (Å²) in [5, 5.41) is 26.7. The molecule has 0 aliphatic carbocycles. The number of hydrogen-bond acceptors (Lipinski definition) is 4. The molecule has 0 saturated carbocycles. The van der Waals surface area contributed by atoms with E-state index in [0.717, 1.165) is 34.1 Å². The predicted octanol–water partition coefficient (Wildman–Crippen LogP) is 14.1. The second-order valence-electron chi connectivity index (χ2n) is 14.9. The van der Waals surface area contributed by atoms with E-state index < -0.39 is 0 Å². The van der Waals surface area contributed by atoms with Gasteiger partial charge in [-0.2, -0.15) is 10.5 Å². The van der Waals surface area contributed by atoms with E-state index >= 15 is 0 Å². The molecule has 0 aliphatic heterocycles. The Balaban J connectivity index is 1.52. The minimum atomic E-state index is 0.263. The third kappa shape index (κ3) is 5.69. The van der Waals surface area contributed by atoms with Gasteiger partial charge in [0.25, 0.3) is 0 Å². The van der Waals surface area contributed by atoms with Gasteiger partial charge in [-0.1, -0.05) is 88.4 Å². The molecule has 0 N–H and O–H groups in total. The molecule has 0 unspecified atom stereocenters. The molecule has 0 aromatic heterocycles. The Morgan fingerprint density at radius 2 is 0.778 bits per heavy atom. The zero-order valence-corrected chi connectivity index (χ0v) is 31.6. The maximum Gasteiger partial charge on any atom is 0.0991 e. The van der Waals surface area contributed by atoms with E-state index in [-0.39, 0.29) is 11.8 Å². The summed E-state index contributed by atoms with van der Waals surface area (Å²) in [7, 11) is 0.